The number of carbonyl (C=O) groups is 2. The number of aromatic nitrogens is 2. The SMILES string of the molecule is Cc1cc(Cl)ccc1NC(=O)C1CCN(c2c(C(=O)N3CCCC3)cnc3snc(C)c23)CC1. The molecule has 2 aliphatic rings. The fourth-order valence-corrected chi connectivity index (χ4v) is 5.96. The summed E-state index contributed by atoms with van der Waals surface area (Å²) in [6, 6.07) is 5.49. The van der Waals surface area contributed by atoms with Gasteiger partial charge in [-0.2, -0.15) is 4.37 Å². The summed E-state index contributed by atoms with van der Waals surface area (Å²) in [6.07, 6.45) is 5.25. The van der Waals surface area contributed by atoms with Gasteiger partial charge in [-0.3, -0.25) is 9.59 Å². The summed E-state index contributed by atoms with van der Waals surface area (Å²) in [6.45, 7) is 6.91. The van der Waals surface area contributed by atoms with Crippen molar-refractivity contribution in [2.45, 2.75) is 39.5 Å². The Bertz CT molecular complexity index is 1250. The second-order valence-corrected chi connectivity index (χ2v) is 10.4. The molecule has 0 radical (unpaired) electrons. The fourth-order valence-electron chi connectivity index (χ4n) is 4.98. The standard InChI is InChI=1S/C25H28ClN5O2S/c1-15-13-18(26)5-6-20(15)28-23(32)17-7-11-30(12-8-17)22-19(25(33)31-9-3-4-10-31)14-27-24-21(22)16(2)29-34-24/h5-6,13-14,17H,3-4,7-12H2,1-2H3,(H,28,32). The minimum absolute atomic E-state index is 0.0340. The van der Waals surface area contributed by atoms with Gasteiger partial charge in [0, 0.05) is 49.0 Å². The molecule has 1 aromatic carbocycles. The van der Waals surface area contributed by atoms with Crippen LogP contribution in [-0.4, -0.2) is 52.3 Å². The van der Waals surface area contributed by atoms with Crippen molar-refractivity contribution in [3.05, 3.63) is 46.2 Å². The number of rotatable bonds is 4. The first-order chi connectivity index (χ1) is 16.4. The molecule has 178 valence electrons. The van der Waals surface area contributed by atoms with Crippen molar-refractivity contribution in [3.63, 3.8) is 0 Å². The van der Waals surface area contributed by atoms with Crippen LogP contribution in [-0.2, 0) is 4.79 Å². The first-order valence-corrected chi connectivity index (χ1v) is 12.9. The molecule has 7 nitrogen and oxygen atoms in total. The lowest BCUT2D eigenvalue weighted by Gasteiger charge is -2.35. The van der Waals surface area contributed by atoms with E-state index < -0.39 is 0 Å². The Kier molecular flexibility index (Phi) is 6.44. The zero-order valence-corrected chi connectivity index (χ0v) is 21.0. The van der Waals surface area contributed by atoms with Crippen molar-refractivity contribution in [1.29, 1.82) is 0 Å². The number of hydrogen-bond donors (Lipinski definition) is 1. The van der Waals surface area contributed by atoms with Gasteiger partial charge in [-0.05, 0) is 74.8 Å². The number of anilines is 2. The maximum absolute atomic E-state index is 13.4. The van der Waals surface area contributed by atoms with Gasteiger partial charge in [0.1, 0.15) is 4.83 Å². The normalized spacial score (nSPS) is 16.9. The third kappa shape index (κ3) is 4.36. The van der Waals surface area contributed by atoms with Crippen LogP contribution < -0.4 is 10.2 Å². The summed E-state index contributed by atoms with van der Waals surface area (Å²) < 4.78 is 4.51. The van der Waals surface area contributed by atoms with Gasteiger partial charge in [0.05, 0.1) is 22.3 Å². The van der Waals surface area contributed by atoms with Crippen molar-refractivity contribution < 1.29 is 9.59 Å². The maximum Gasteiger partial charge on any atom is 0.257 e. The average Bonchev–Trinajstić information content (AvgIpc) is 3.50. The molecule has 0 atom stereocenters. The quantitative estimate of drug-likeness (QED) is 0.545. The van der Waals surface area contributed by atoms with Gasteiger partial charge in [-0.25, -0.2) is 4.98 Å². The molecule has 0 saturated carbocycles. The van der Waals surface area contributed by atoms with Crippen LogP contribution in [0.5, 0.6) is 0 Å². The number of hydrogen-bond acceptors (Lipinski definition) is 6. The number of likely N-dealkylation sites (tertiary alicyclic amines) is 1. The minimum atomic E-state index is -0.0805. The van der Waals surface area contributed by atoms with E-state index in [4.69, 9.17) is 11.6 Å². The van der Waals surface area contributed by atoms with Gasteiger partial charge < -0.3 is 15.1 Å². The highest BCUT2D eigenvalue weighted by Crippen LogP contribution is 2.37. The van der Waals surface area contributed by atoms with Crippen LogP contribution >= 0.6 is 23.1 Å². The Balaban J connectivity index is 1.37. The molecule has 1 N–H and O–H groups in total. The van der Waals surface area contributed by atoms with E-state index in [1.165, 1.54) is 11.5 Å². The van der Waals surface area contributed by atoms with Crippen LogP contribution in [0.3, 0.4) is 0 Å². The van der Waals surface area contributed by atoms with E-state index in [0.717, 1.165) is 71.6 Å². The molecule has 0 bridgehead atoms. The lowest BCUT2D eigenvalue weighted by molar-refractivity contribution is -0.120. The van der Waals surface area contributed by atoms with Crippen molar-refractivity contribution in [2.24, 2.45) is 5.92 Å². The molecule has 0 spiro atoms. The fraction of sp³-hybridized carbons (Fsp3) is 0.440. The lowest BCUT2D eigenvalue weighted by atomic mass is 9.94. The number of piperidine rings is 1. The van der Waals surface area contributed by atoms with Gasteiger partial charge in [0.15, 0.2) is 0 Å². The van der Waals surface area contributed by atoms with E-state index >= 15 is 0 Å². The summed E-state index contributed by atoms with van der Waals surface area (Å²) in [5, 5.41) is 4.69. The highest BCUT2D eigenvalue weighted by molar-refractivity contribution is 7.13. The maximum atomic E-state index is 13.4. The third-order valence-corrected chi connectivity index (χ3v) is 7.98. The van der Waals surface area contributed by atoms with Crippen molar-refractivity contribution >= 4 is 56.5 Å². The van der Waals surface area contributed by atoms with Crippen LogP contribution in [0.1, 0.15) is 47.3 Å². The van der Waals surface area contributed by atoms with Crippen molar-refractivity contribution in [1.82, 2.24) is 14.3 Å². The molecule has 2 fully saturated rings. The third-order valence-electron chi connectivity index (χ3n) is 6.90. The Morgan fingerprint density at radius 2 is 1.85 bits per heavy atom. The smallest absolute Gasteiger partial charge is 0.257 e. The molecule has 0 aliphatic carbocycles. The predicted octanol–water partition coefficient (Wildman–Crippen LogP) is 5.05. The van der Waals surface area contributed by atoms with Crippen molar-refractivity contribution in [2.75, 3.05) is 36.4 Å². The van der Waals surface area contributed by atoms with E-state index in [0.29, 0.717) is 23.7 Å². The van der Waals surface area contributed by atoms with Crippen LogP contribution in [0, 0.1) is 19.8 Å². The van der Waals surface area contributed by atoms with E-state index in [1.807, 2.05) is 30.9 Å². The number of nitrogens with one attached hydrogen (secondary N) is 1. The largest absolute Gasteiger partial charge is 0.370 e. The topological polar surface area (TPSA) is 78.4 Å². The van der Waals surface area contributed by atoms with E-state index in [9.17, 15) is 9.59 Å². The second-order valence-electron chi connectivity index (χ2n) is 9.18. The number of amides is 2. The Morgan fingerprint density at radius 3 is 2.56 bits per heavy atom. The van der Waals surface area contributed by atoms with Crippen LogP contribution in [0.2, 0.25) is 5.02 Å². The monoisotopic (exact) mass is 497 g/mol. The highest BCUT2D eigenvalue weighted by atomic mass is 35.5. The molecule has 2 aliphatic heterocycles. The first-order valence-electron chi connectivity index (χ1n) is 11.8. The summed E-state index contributed by atoms with van der Waals surface area (Å²) in [4.78, 5) is 36.0. The van der Waals surface area contributed by atoms with Crippen LogP contribution in [0.4, 0.5) is 11.4 Å². The molecule has 2 aromatic heterocycles. The van der Waals surface area contributed by atoms with E-state index in [-0.39, 0.29) is 17.7 Å². The Labute approximate surface area is 208 Å². The highest BCUT2D eigenvalue weighted by Gasteiger charge is 2.31. The molecule has 2 amide bonds. The van der Waals surface area contributed by atoms with Crippen molar-refractivity contribution in [3.8, 4) is 0 Å². The van der Waals surface area contributed by atoms with Gasteiger partial charge >= 0.3 is 0 Å². The van der Waals surface area contributed by atoms with Gasteiger partial charge in [0.25, 0.3) is 5.91 Å². The number of aryl methyl sites for hydroxylation is 2. The number of nitrogens with zero attached hydrogens (tertiary/aromatic N) is 4. The van der Waals surface area contributed by atoms with E-state index in [1.54, 1.807) is 12.3 Å². The number of pyridine rings is 1. The molecule has 3 aromatic rings. The van der Waals surface area contributed by atoms with Gasteiger partial charge in [-0.15, -0.1) is 0 Å². The summed E-state index contributed by atoms with van der Waals surface area (Å²) in [5.41, 5.74) is 4.23. The summed E-state index contributed by atoms with van der Waals surface area (Å²) in [5.74, 6) is 0.000335. The molecule has 2 saturated heterocycles. The van der Waals surface area contributed by atoms with Crippen LogP contribution in [0.15, 0.2) is 24.4 Å². The Morgan fingerprint density at radius 1 is 1.12 bits per heavy atom. The average molecular weight is 498 g/mol. The molecule has 9 heteroatoms. The zero-order chi connectivity index (χ0) is 23.8. The molecule has 0 unspecified atom stereocenters. The second kappa shape index (κ2) is 9.50. The van der Waals surface area contributed by atoms with Gasteiger partial charge in [0.2, 0.25) is 5.91 Å². The molecule has 5 rings (SSSR count). The summed E-state index contributed by atoms with van der Waals surface area (Å²) >= 11 is 7.41. The number of benzene rings is 1. The number of halogens is 1. The predicted molar refractivity (Wildman–Crippen MR) is 137 cm³/mol. The summed E-state index contributed by atoms with van der Waals surface area (Å²) in [7, 11) is 0. The molecular weight excluding hydrogens is 470 g/mol. The molecule has 34 heavy (non-hydrogen) atoms. The zero-order valence-electron chi connectivity index (χ0n) is 19.4. The van der Waals surface area contributed by atoms with E-state index in [2.05, 4.69) is 19.6 Å². The number of fused-ring (bicyclic) bond motifs is 1. The molecular formula is C25H28ClN5O2S. The van der Waals surface area contributed by atoms with Gasteiger partial charge in [-0.1, -0.05) is 11.6 Å². The first kappa shape index (κ1) is 23.1. The minimum Gasteiger partial charge on any atom is -0.370 e. The Hall–Kier alpha value is -2.71. The number of carbonyl (C=O) groups excluding carboxylic acids is 2. The lowest BCUT2D eigenvalue weighted by Crippen LogP contribution is -2.39. The molecule has 4 heterocycles. The van der Waals surface area contributed by atoms with Crippen LogP contribution in [0.25, 0.3) is 10.2 Å².